The molecule has 3 rings (SSSR count). The molecule has 1 aliphatic rings. The number of unbranched alkanes of at least 4 members (excludes halogenated alkanes) is 2. The van der Waals surface area contributed by atoms with Crippen LogP contribution in [0.25, 0.3) is 0 Å². The highest BCUT2D eigenvalue weighted by molar-refractivity contribution is 7.80. The Hall–Kier alpha value is -2.97. The summed E-state index contributed by atoms with van der Waals surface area (Å²) in [6.07, 6.45) is 5.11. The van der Waals surface area contributed by atoms with Gasteiger partial charge >= 0.3 is 0 Å². The molecular weight excluding hydrogens is 438 g/mol. The molecule has 2 aromatic carbocycles. The summed E-state index contributed by atoms with van der Waals surface area (Å²) in [4.78, 5) is 25.5. The van der Waals surface area contributed by atoms with Crippen LogP contribution in [0.2, 0.25) is 0 Å². The molecule has 1 atom stereocenters. The molecule has 0 aromatic heterocycles. The second-order valence-electron chi connectivity index (χ2n) is 7.85. The average molecular weight is 470 g/mol. The van der Waals surface area contributed by atoms with E-state index in [0.29, 0.717) is 35.7 Å². The molecule has 8 heteroatoms. The van der Waals surface area contributed by atoms with Gasteiger partial charge in [-0.25, -0.2) is 0 Å². The number of nitrogens with one attached hydrogen (secondary N) is 3. The molecule has 1 unspecified atom stereocenters. The van der Waals surface area contributed by atoms with E-state index in [4.69, 9.17) is 21.7 Å². The number of rotatable bonds is 10. The number of carbonyl (C=O) groups is 2. The van der Waals surface area contributed by atoms with Crippen molar-refractivity contribution in [2.75, 3.05) is 25.1 Å². The zero-order valence-corrected chi connectivity index (χ0v) is 19.7. The molecule has 1 saturated heterocycles. The monoisotopic (exact) mass is 469 g/mol. The highest BCUT2D eigenvalue weighted by atomic mass is 32.1. The Morgan fingerprint density at radius 1 is 1.06 bits per heavy atom. The average Bonchev–Trinajstić information content (AvgIpc) is 3.34. The third-order valence-electron chi connectivity index (χ3n) is 5.30. The second-order valence-corrected chi connectivity index (χ2v) is 8.26. The second kappa shape index (κ2) is 12.9. The Morgan fingerprint density at radius 3 is 2.58 bits per heavy atom. The van der Waals surface area contributed by atoms with Crippen molar-refractivity contribution in [3.8, 4) is 5.75 Å². The molecule has 2 aromatic rings. The van der Waals surface area contributed by atoms with Crippen molar-refractivity contribution in [3.63, 3.8) is 0 Å². The Morgan fingerprint density at radius 2 is 1.82 bits per heavy atom. The molecular formula is C25H31N3O4S. The van der Waals surface area contributed by atoms with Crippen molar-refractivity contribution in [1.29, 1.82) is 0 Å². The summed E-state index contributed by atoms with van der Waals surface area (Å²) < 4.78 is 11.3. The van der Waals surface area contributed by atoms with Gasteiger partial charge in [-0.05, 0) is 55.7 Å². The molecule has 7 nitrogen and oxygen atoms in total. The molecule has 1 aliphatic heterocycles. The zero-order chi connectivity index (χ0) is 23.5. The predicted octanol–water partition coefficient (Wildman–Crippen LogP) is 4.29. The summed E-state index contributed by atoms with van der Waals surface area (Å²) in [5, 5.41) is 8.65. The maximum Gasteiger partial charge on any atom is 0.261 e. The maximum atomic E-state index is 12.8. The van der Waals surface area contributed by atoms with E-state index in [1.165, 1.54) is 0 Å². The summed E-state index contributed by atoms with van der Waals surface area (Å²) >= 11 is 5.34. The molecule has 0 radical (unpaired) electrons. The normalized spacial score (nSPS) is 15.0. The molecule has 3 N–H and O–H groups in total. The highest BCUT2D eigenvalue weighted by Crippen LogP contribution is 2.19. The number of hydrogen-bond acceptors (Lipinski definition) is 5. The number of anilines is 1. The van der Waals surface area contributed by atoms with Crippen LogP contribution in [0.1, 0.15) is 59.7 Å². The van der Waals surface area contributed by atoms with E-state index in [1.54, 1.807) is 42.5 Å². The number of para-hydroxylation sites is 2. The largest absolute Gasteiger partial charge is 0.493 e. The standard InChI is InChI=1S/C25H31N3O4S/c1-2-3-8-15-32-22-14-7-5-12-20(22)24(30)28-25(33)27-21-13-6-4-11-19(21)23(29)26-17-18-10-9-16-31-18/h4-7,11-14,18H,2-3,8-10,15-17H2,1H3,(H,26,29)(H2,27,28,30,33). The minimum atomic E-state index is -0.376. The molecule has 1 fully saturated rings. The van der Waals surface area contributed by atoms with E-state index in [9.17, 15) is 9.59 Å². The van der Waals surface area contributed by atoms with Crippen molar-refractivity contribution < 1.29 is 19.1 Å². The minimum Gasteiger partial charge on any atom is -0.493 e. The van der Waals surface area contributed by atoms with Crippen molar-refractivity contribution in [2.24, 2.45) is 0 Å². The van der Waals surface area contributed by atoms with Crippen molar-refractivity contribution >= 4 is 34.8 Å². The number of carbonyl (C=O) groups excluding carboxylic acids is 2. The van der Waals surface area contributed by atoms with Crippen LogP contribution in [0.3, 0.4) is 0 Å². The van der Waals surface area contributed by atoms with Gasteiger partial charge in [0.25, 0.3) is 11.8 Å². The first-order valence-corrected chi connectivity index (χ1v) is 11.8. The van der Waals surface area contributed by atoms with Gasteiger partial charge in [0, 0.05) is 13.2 Å². The quantitative estimate of drug-likeness (QED) is 0.355. The number of ether oxygens (including phenoxy) is 2. The van der Waals surface area contributed by atoms with Gasteiger partial charge in [-0.3, -0.25) is 14.9 Å². The minimum absolute atomic E-state index is 0.0543. The smallest absolute Gasteiger partial charge is 0.261 e. The Balaban J connectivity index is 1.58. The van der Waals surface area contributed by atoms with Crippen LogP contribution in [0.15, 0.2) is 48.5 Å². The van der Waals surface area contributed by atoms with Gasteiger partial charge in [-0.1, -0.05) is 44.0 Å². The fourth-order valence-electron chi connectivity index (χ4n) is 3.54. The van der Waals surface area contributed by atoms with E-state index in [1.807, 2.05) is 6.07 Å². The lowest BCUT2D eigenvalue weighted by atomic mass is 10.1. The summed E-state index contributed by atoms with van der Waals surface area (Å²) in [5.74, 6) is -0.0877. The number of thiocarbonyl (C=S) groups is 1. The van der Waals surface area contributed by atoms with E-state index in [2.05, 4.69) is 22.9 Å². The molecule has 0 bridgehead atoms. The van der Waals surface area contributed by atoms with Crippen molar-refractivity contribution in [3.05, 3.63) is 59.7 Å². The van der Waals surface area contributed by atoms with E-state index >= 15 is 0 Å². The molecule has 0 aliphatic carbocycles. The lowest BCUT2D eigenvalue weighted by Gasteiger charge is -2.16. The SMILES string of the molecule is CCCCCOc1ccccc1C(=O)NC(=S)Nc1ccccc1C(=O)NCC1CCCO1. The number of benzene rings is 2. The Labute approximate surface area is 200 Å². The predicted molar refractivity (Wildman–Crippen MR) is 133 cm³/mol. The number of amides is 2. The summed E-state index contributed by atoms with van der Waals surface area (Å²) in [6.45, 7) is 3.87. The van der Waals surface area contributed by atoms with Gasteiger partial charge in [0.05, 0.1) is 29.5 Å². The van der Waals surface area contributed by atoms with Crippen LogP contribution in [-0.4, -0.2) is 42.8 Å². The van der Waals surface area contributed by atoms with Crippen LogP contribution >= 0.6 is 12.2 Å². The molecule has 0 saturated carbocycles. The maximum absolute atomic E-state index is 12.8. The van der Waals surface area contributed by atoms with E-state index in [0.717, 1.165) is 38.7 Å². The lowest BCUT2D eigenvalue weighted by molar-refractivity contribution is 0.0858. The van der Waals surface area contributed by atoms with Gasteiger partial charge in [-0.2, -0.15) is 0 Å². The first kappa shape index (κ1) is 24.7. The van der Waals surface area contributed by atoms with Crippen LogP contribution in [-0.2, 0) is 4.74 Å². The topological polar surface area (TPSA) is 88.7 Å². The van der Waals surface area contributed by atoms with E-state index < -0.39 is 0 Å². The van der Waals surface area contributed by atoms with Crippen molar-refractivity contribution in [2.45, 2.75) is 45.1 Å². The van der Waals surface area contributed by atoms with Gasteiger partial charge in [0.15, 0.2) is 5.11 Å². The van der Waals surface area contributed by atoms with Crippen LogP contribution in [0.4, 0.5) is 5.69 Å². The van der Waals surface area contributed by atoms with Gasteiger partial charge in [0.2, 0.25) is 0 Å². The summed E-state index contributed by atoms with van der Waals surface area (Å²) in [5.41, 5.74) is 1.35. The van der Waals surface area contributed by atoms with Crippen LogP contribution < -0.4 is 20.7 Å². The molecule has 1 heterocycles. The third kappa shape index (κ3) is 7.54. The Kier molecular flexibility index (Phi) is 9.65. The zero-order valence-electron chi connectivity index (χ0n) is 18.9. The van der Waals surface area contributed by atoms with E-state index in [-0.39, 0.29) is 23.0 Å². The van der Waals surface area contributed by atoms with Crippen LogP contribution in [0.5, 0.6) is 5.75 Å². The van der Waals surface area contributed by atoms with Crippen molar-refractivity contribution in [1.82, 2.24) is 10.6 Å². The molecule has 2 amide bonds. The Bertz CT molecular complexity index is 960. The first-order valence-electron chi connectivity index (χ1n) is 11.4. The fraction of sp³-hybridized carbons (Fsp3) is 0.400. The summed E-state index contributed by atoms with van der Waals surface area (Å²) in [7, 11) is 0. The molecule has 33 heavy (non-hydrogen) atoms. The third-order valence-corrected chi connectivity index (χ3v) is 5.50. The lowest BCUT2D eigenvalue weighted by Crippen LogP contribution is -2.36. The molecule has 0 spiro atoms. The first-order chi connectivity index (χ1) is 16.1. The highest BCUT2D eigenvalue weighted by Gasteiger charge is 2.19. The number of hydrogen-bond donors (Lipinski definition) is 3. The molecule has 176 valence electrons. The summed E-state index contributed by atoms with van der Waals surface area (Å²) in [6, 6.07) is 14.1. The van der Waals surface area contributed by atoms with Crippen LogP contribution in [0, 0.1) is 0 Å². The fourth-order valence-corrected chi connectivity index (χ4v) is 3.74. The van der Waals surface area contributed by atoms with Gasteiger partial charge < -0.3 is 20.1 Å². The van der Waals surface area contributed by atoms with Gasteiger partial charge in [0.1, 0.15) is 5.75 Å². The van der Waals surface area contributed by atoms with Gasteiger partial charge in [-0.15, -0.1) is 0 Å².